The average molecular weight is 453 g/mol. The molecule has 4 rings (SSSR count). The number of pyridine rings is 1. The van der Waals surface area contributed by atoms with Gasteiger partial charge in [0.05, 0.1) is 28.8 Å². The summed E-state index contributed by atoms with van der Waals surface area (Å²) in [6.45, 7) is 6.79. The van der Waals surface area contributed by atoms with E-state index in [0.717, 1.165) is 17.3 Å². The number of carbonyl (C=O) groups is 1. The molecule has 0 fully saturated rings. The first kappa shape index (κ1) is 22.4. The average Bonchev–Trinajstić information content (AvgIpc) is 3.15. The number of fused-ring (bicyclic) bond motifs is 1. The molecule has 0 bridgehead atoms. The van der Waals surface area contributed by atoms with E-state index in [-0.39, 0.29) is 5.69 Å². The Balaban J connectivity index is 1.75. The Bertz CT molecular complexity index is 1350. The van der Waals surface area contributed by atoms with Crippen LogP contribution in [0.2, 0.25) is 0 Å². The number of benzene rings is 1. The minimum Gasteiger partial charge on any atom is -0.325 e. The molecule has 1 aromatic carbocycles. The van der Waals surface area contributed by atoms with Gasteiger partial charge in [-0.2, -0.15) is 18.3 Å². The molecule has 170 valence electrons. The Morgan fingerprint density at radius 3 is 2.36 bits per heavy atom. The van der Waals surface area contributed by atoms with Crippen LogP contribution in [0.1, 0.15) is 32.0 Å². The Morgan fingerprint density at radius 2 is 1.70 bits per heavy atom. The molecule has 0 saturated heterocycles. The molecule has 3 heterocycles. The van der Waals surface area contributed by atoms with Crippen molar-refractivity contribution in [2.45, 2.75) is 33.9 Å². The van der Waals surface area contributed by atoms with E-state index in [0.29, 0.717) is 22.6 Å². The fourth-order valence-corrected chi connectivity index (χ4v) is 3.24. The minimum atomic E-state index is -4.61. The number of amides is 1. The molecule has 0 saturated carbocycles. The monoisotopic (exact) mass is 453 g/mol. The van der Waals surface area contributed by atoms with Gasteiger partial charge in [-0.1, -0.05) is 26.8 Å². The molecular weight excluding hydrogens is 431 g/mol. The van der Waals surface area contributed by atoms with Crippen molar-refractivity contribution in [1.82, 2.24) is 19.6 Å². The summed E-state index contributed by atoms with van der Waals surface area (Å²) < 4.78 is 42.2. The molecule has 0 atom stereocenters. The lowest BCUT2D eigenvalue weighted by Gasteiger charge is -2.20. The number of nitrogens with one attached hydrogen (secondary N) is 1. The first-order valence-electron chi connectivity index (χ1n) is 10.2. The van der Waals surface area contributed by atoms with Gasteiger partial charge in [0, 0.05) is 28.4 Å². The van der Waals surface area contributed by atoms with E-state index >= 15 is 0 Å². The second-order valence-corrected chi connectivity index (χ2v) is 8.80. The highest BCUT2D eigenvalue weighted by atomic mass is 19.4. The summed E-state index contributed by atoms with van der Waals surface area (Å²) >= 11 is 0. The van der Waals surface area contributed by atoms with E-state index < -0.39 is 23.1 Å². The van der Waals surface area contributed by atoms with E-state index in [9.17, 15) is 18.0 Å². The van der Waals surface area contributed by atoms with Gasteiger partial charge in [-0.3, -0.25) is 9.78 Å². The van der Waals surface area contributed by atoms with Gasteiger partial charge in [0.15, 0.2) is 5.65 Å². The molecule has 33 heavy (non-hydrogen) atoms. The quantitative estimate of drug-likeness (QED) is 0.427. The molecule has 0 spiro atoms. The van der Waals surface area contributed by atoms with Crippen molar-refractivity contribution in [3.8, 4) is 22.5 Å². The SMILES string of the molecule is Cc1cc(-c2ccc3nc(-c4ccc(C(F)(F)F)c(NC(=O)C(C)(C)C)c4)cn3n2)ccn1. The maximum Gasteiger partial charge on any atom is 0.418 e. The summed E-state index contributed by atoms with van der Waals surface area (Å²) in [4.78, 5) is 21.1. The summed E-state index contributed by atoms with van der Waals surface area (Å²) in [5.74, 6) is -0.515. The molecule has 9 heteroatoms. The molecule has 0 aliphatic heterocycles. The van der Waals surface area contributed by atoms with Gasteiger partial charge in [0.25, 0.3) is 0 Å². The predicted octanol–water partition coefficient (Wildman–Crippen LogP) is 5.77. The van der Waals surface area contributed by atoms with Gasteiger partial charge >= 0.3 is 6.18 Å². The molecule has 0 radical (unpaired) electrons. The zero-order valence-electron chi connectivity index (χ0n) is 18.5. The Kier molecular flexibility index (Phi) is 5.43. The van der Waals surface area contributed by atoms with Crippen molar-refractivity contribution in [2.75, 3.05) is 5.32 Å². The highest BCUT2D eigenvalue weighted by molar-refractivity contribution is 5.96. The largest absolute Gasteiger partial charge is 0.418 e. The van der Waals surface area contributed by atoms with Crippen molar-refractivity contribution in [2.24, 2.45) is 5.41 Å². The van der Waals surface area contributed by atoms with Gasteiger partial charge in [-0.05, 0) is 43.3 Å². The lowest BCUT2D eigenvalue weighted by molar-refractivity contribution is -0.137. The first-order valence-corrected chi connectivity index (χ1v) is 10.2. The van der Waals surface area contributed by atoms with Crippen LogP contribution in [0, 0.1) is 12.3 Å². The number of rotatable bonds is 3. The zero-order valence-corrected chi connectivity index (χ0v) is 18.5. The maximum absolute atomic E-state index is 13.5. The van der Waals surface area contributed by atoms with E-state index in [1.54, 1.807) is 43.7 Å². The van der Waals surface area contributed by atoms with E-state index in [1.807, 2.05) is 25.1 Å². The van der Waals surface area contributed by atoms with E-state index in [1.165, 1.54) is 12.1 Å². The molecule has 1 amide bonds. The molecule has 4 aromatic rings. The summed E-state index contributed by atoms with van der Waals surface area (Å²) in [5, 5.41) is 6.99. The van der Waals surface area contributed by atoms with Gasteiger partial charge < -0.3 is 5.32 Å². The summed E-state index contributed by atoms with van der Waals surface area (Å²) in [6.07, 6.45) is -1.27. The molecule has 3 aromatic heterocycles. The number of imidazole rings is 1. The standard InChI is InChI=1S/C24H22F3N5O/c1-14-11-16(9-10-28-14)18-7-8-21-29-20(13-32(21)31-18)15-5-6-17(24(25,26)27)19(12-15)30-22(33)23(2,3)4/h5-13H,1-4H3,(H,30,33). The van der Waals surface area contributed by atoms with Gasteiger partial charge in [-0.15, -0.1) is 0 Å². The second-order valence-electron chi connectivity index (χ2n) is 8.80. The maximum atomic E-state index is 13.5. The third-order valence-electron chi connectivity index (χ3n) is 5.06. The normalized spacial score (nSPS) is 12.2. The summed E-state index contributed by atoms with van der Waals surface area (Å²) in [7, 11) is 0. The summed E-state index contributed by atoms with van der Waals surface area (Å²) in [6, 6.07) is 10.9. The topological polar surface area (TPSA) is 72.2 Å². The van der Waals surface area contributed by atoms with Crippen LogP contribution in [0.25, 0.3) is 28.2 Å². The number of nitrogens with zero attached hydrogens (tertiary/aromatic N) is 4. The fraction of sp³-hybridized carbons (Fsp3) is 0.250. The second kappa shape index (κ2) is 7.99. The molecular formula is C24H22F3N5O. The smallest absolute Gasteiger partial charge is 0.325 e. The number of aromatic nitrogens is 4. The van der Waals surface area contributed by atoms with Gasteiger partial charge in [-0.25, -0.2) is 9.50 Å². The van der Waals surface area contributed by atoms with Crippen LogP contribution in [-0.2, 0) is 11.0 Å². The number of aryl methyl sites for hydroxylation is 1. The number of alkyl halides is 3. The molecule has 1 N–H and O–H groups in total. The van der Waals surface area contributed by atoms with Crippen LogP contribution >= 0.6 is 0 Å². The third kappa shape index (κ3) is 4.72. The van der Waals surface area contributed by atoms with Crippen molar-refractivity contribution < 1.29 is 18.0 Å². The highest BCUT2D eigenvalue weighted by Crippen LogP contribution is 2.37. The van der Waals surface area contributed by atoms with Crippen molar-refractivity contribution in [3.63, 3.8) is 0 Å². The number of anilines is 1. The van der Waals surface area contributed by atoms with Crippen molar-refractivity contribution >= 4 is 17.2 Å². The fourth-order valence-electron chi connectivity index (χ4n) is 3.24. The van der Waals surface area contributed by atoms with Crippen LogP contribution in [0.3, 0.4) is 0 Å². The highest BCUT2D eigenvalue weighted by Gasteiger charge is 2.35. The Labute approximate surface area is 188 Å². The first-order chi connectivity index (χ1) is 15.4. The predicted molar refractivity (Wildman–Crippen MR) is 119 cm³/mol. The lowest BCUT2D eigenvalue weighted by atomic mass is 9.95. The van der Waals surface area contributed by atoms with Gasteiger partial charge in [0.2, 0.25) is 5.91 Å². The van der Waals surface area contributed by atoms with Crippen molar-refractivity contribution in [3.05, 3.63) is 66.1 Å². The minimum absolute atomic E-state index is 0.308. The number of halogens is 3. The van der Waals surface area contributed by atoms with Crippen LogP contribution < -0.4 is 5.32 Å². The van der Waals surface area contributed by atoms with Crippen LogP contribution in [0.4, 0.5) is 18.9 Å². The number of hydrogen-bond acceptors (Lipinski definition) is 4. The summed E-state index contributed by atoms with van der Waals surface area (Å²) in [5.41, 5.74) is 1.79. The Hall–Kier alpha value is -3.75. The molecule has 0 unspecified atom stereocenters. The van der Waals surface area contributed by atoms with Crippen molar-refractivity contribution in [1.29, 1.82) is 0 Å². The van der Waals surface area contributed by atoms with Crippen LogP contribution in [0.15, 0.2) is 54.9 Å². The number of hydrogen-bond donors (Lipinski definition) is 1. The number of carbonyl (C=O) groups excluding carboxylic acids is 1. The molecule has 0 aliphatic rings. The van der Waals surface area contributed by atoms with Crippen LogP contribution in [-0.4, -0.2) is 25.5 Å². The molecule has 6 nitrogen and oxygen atoms in total. The van der Waals surface area contributed by atoms with Crippen LogP contribution in [0.5, 0.6) is 0 Å². The lowest BCUT2D eigenvalue weighted by Crippen LogP contribution is -2.28. The third-order valence-corrected chi connectivity index (χ3v) is 5.06. The Morgan fingerprint density at radius 1 is 0.970 bits per heavy atom. The van der Waals surface area contributed by atoms with E-state index in [4.69, 9.17) is 0 Å². The van der Waals surface area contributed by atoms with E-state index in [2.05, 4.69) is 20.4 Å². The zero-order chi connectivity index (χ0) is 24.0. The van der Waals surface area contributed by atoms with Gasteiger partial charge in [0.1, 0.15) is 0 Å². The molecule has 0 aliphatic carbocycles.